The summed E-state index contributed by atoms with van der Waals surface area (Å²) in [4.78, 5) is 2.36. The third-order valence-electron chi connectivity index (χ3n) is 14.2. The van der Waals surface area contributed by atoms with Gasteiger partial charge in [-0.25, -0.2) is 0 Å². The van der Waals surface area contributed by atoms with Crippen LogP contribution in [0.25, 0.3) is 115 Å². The van der Waals surface area contributed by atoms with Crippen LogP contribution in [0.2, 0.25) is 0 Å². The molecule has 0 fully saturated rings. The van der Waals surface area contributed by atoms with Crippen LogP contribution in [0.4, 0.5) is 17.1 Å². The number of nitrogens with zero attached hydrogens (tertiary/aromatic N) is 2. The maximum absolute atomic E-state index is 6.47. The number of hydrogen-bond acceptors (Lipinski definition) is 2. The van der Waals surface area contributed by atoms with E-state index in [-0.39, 0.29) is 0 Å². The van der Waals surface area contributed by atoms with Crippen molar-refractivity contribution in [2.24, 2.45) is 0 Å². The van der Waals surface area contributed by atoms with E-state index in [2.05, 4.69) is 252 Å². The molecular weight excluding hydrogens is 837 g/mol. The number of anilines is 3. The number of furan rings is 1. The first-order valence-electron chi connectivity index (χ1n) is 23.6. The van der Waals surface area contributed by atoms with Gasteiger partial charge in [-0.3, -0.25) is 0 Å². The monoisotopic (exact) mass is 878 g/mol. The largest absolute Gasteiger partial charge is 0.455 e. The molecule has 2 aromatic heterocycles. The third kappa shape index (κ3) is 6.43. The second kappa shape index (κ2) is 15.7. The van der Waals surface area contributed by atoms with E-state index in [1.165, 1.54) is 70.8 Å². The molecule has 14 aromatic rings. The van der Waals surface area contributed by atoms with Gasteiger partial charge in [0.2, 0.25) is 0 Å². The molecule has 2 heterocycles. The molecule has 0 amide bonds. The normalized spacial score (nSPS) is 11.8. The molecule has 0 saturated heterocycles. The molecule has 3 heteroatoms. The highest BCUT2D eigenvalue weighted by Crippen LogP contribution is 2.42. The Morgan fingerprint density at radius 2 is 0.812 bits per heavy atom. The Hall–Kier alpha value is -9.18. The Balaban J connectivity index is 0.870. The van der Waals surface area contributed by atoms with Gasteiger partial charge in [0.25, 0.3) is 0 Å². The van der Waals surface area contributed by atoms with Crippen molar-refractivity contribution in [1.29, 1.82) is 0 Å². The Morgan fingerprint density at radius 3 is 1.54 bits per heavy atom. The lowest BCUT2D eigenvalue weighted by Crippen LogP contribution is -2.09. The maximum atomic E-state index is 6.47. The van der Waals surface area contributed by atoms with Crippen molar-refractivity contribution in [2.75, 3.05) is 4.90 Å². The van der Waals surface area contributed by atoms with Crippen LogP contribution in [-0.2, 0) is 0 Å². The van der Waals surface area contributed by atoms with Gasteiger partial charge in [-0.15, -0.1) is 0 Å². The number of aromatic nitrogens is 1. The average molecular weight is 879 g/mol. The first kappa shape index (κ1) is 39.0. The van der Waals surface area contributed by atoms with Crippen LogP contribution < -0.4 is 4.90 Å². The van der Waals surface area contributed by atoms with Crippen LogP contribution in [0.5, 0.6) is 0 Å². The molecule has 322 valence electrons. The van der Waals surface area contributed by atoms with E-state index in [0.717, 1.165) is 61.4 Å². The lowest BCUT2D eigenvalue weighted by molar-refractivity contribution is 0.670. The first-order chi connectivity index (χ1) is 34.2. The van der Waals surface area contributed by atoms with Crippen molar-refractivity contribution in [1.82, 2.24) is 4.57 Å². The van der Waals surface area contributed by atoms with Gasteiger partial charge in [0.05, 0.1) is 11.0 Å². The Morgan fingerprint density at radius 1 is 0.304 bits per heavy atom. The van der Waals surface area contributed by atoms with Crippen LogP contribution in [0, 0.1) is 0 Å². The molecule has 69 heavy (non-hydrogen) atoms. The molecule has 14 rings (SSSR count). The molecule has 0 unspecified atom stereocenters. The molecule has 0 aliphatic carbocycles. The summed E-state index contributed by atoms with van der Waals surface area (Å²) in [5.41, 5.74) is 15.5. The smallest absolute Gasteiger partial charge is 0.143 e. The number of para-hydroxylation sites is 3. The standard InChI is InChI=1S/C66H42N2O/c1-2-13-51(14-3-1)68-63-42-50(32-39-58(63)60-40-31-46-12-5-7-16-56(46)65(60)68)44-27-35-53(36-28-44)67(54-37-29-47(30-38-54)57-18-10-19-61-59-17-8-9-20-64(59)69-66(57)61)52-33-25-43(26-34-52)49-24-23-48-22-21-45-11-4-6-15-55(45)62(48)41-49/h1-42H. The minimum Gasteiger partial charge on any atom is -0.455 e. The fraction of sp³-hybridized carbons (Fsp3) is 0. The number of rotatable bonds is 7. The van der Waals surface area contributed by atoms with Crippen molar-refractivity contribution >= 4 is 93.1 Å². The van der Waals surface area contributed by atoms with Gasteiger partial charge >= 0.3 is 0 Å². The van der Waals surface area contributed by atoms with E-state index in [9.17, 15) is 0 Å². The molecule has 0 atom stereocenters. The molecule has 0 spiro atoms. The minimum absolute atomic E-state index is 0.902. The van der Waals surface area contributed by atoms with Gasteiger partial charge in [0.1, 0.15) is 11.2 Å². The van der Waals surface area contributed by atoms with Crippen LogP contribution in [0.3, 0.4) is 0 Å². The predicted octanol–water partition coefficient (Wildman–Crippen LogP) is 18.6. The molecule has 0 saturated carbocycles. The van der Waals surface area contributed by atoms with E-state index < -0.39 is 0 Å². The van der Waals surface area contributed by atoms with E-state index in [0.29, 0.717) is 0 Å². The Kier molecular flexibility index (Phi) is 8.90. The van der Waals surface area contributed by atoms with Crippen molar-refractivity contribution in [3.05, 3.63) is 255 Å². The summed E-state index contributed by atoms with van der Waals surface area (Å²) in [5.74, 6) is 0. The summed E-state index contributed by atoms with van der Waals surface area (Å²) in [5, 5.41) is 12.3. The lowest BCUT2D eigenvalue weighted by Gasteiger charge is -2.26. The van der Waals surface area contributed by atoms with Crippen LogP contribution in [0.15, 0.2) is 259 Å². The fourth-order valence-corrected chi connectivity index (χ4v) is 10.8. The third-order valence-corrected chi connectivity index (χ3v) is 14.2. The van der Waals surface area contributed by atoms with E-state index in [1.807, 2.05) is 12.1 Å². The molecule has 0 bridgehead atoms. The summed E-state index contributed by atoms with van der Waals surface area (Å²) >= 11 is 0. The van der Waals surface area contributed by atoms with Gasteiger partial charge in [-0.1, -0.05) is 188 Å². The summed E-state index contributed by atoms with van der Waals surface area (Å²) < 4.78 is 8.91. The van der Waals surface area contributed by atoms with E-state index >= 15 is 0 Å². The molecule has 0 aliphatic heterocycles. The predicted molar refractivity (Wildman–Crippen MR) is 292 cm³/mol. The maximum Gasteiger partial charge on any atom is 0.143 e. The van der Waals surface area contributed by atoms with Crippen LogP contribution in [-0.4, -0.2) is 4.57 Å². The lowest BCUT2D eigenvalue weighted by atomic mass is 9.97. The topological polar surface area (TPSA) is 21.3 Å². The highest BCUT2D eigenvalue weighted by molar-refractivity contribution is 6.19. The molecule has 3 nitrogen and oxygen atoms in total. The SMILES string of the molecule is c1ccc(-n2c3cc(-c4ccc(N(c5ccc(-c6ccc7ccc8ccccc8c7c6)cc5)c5ccc(-c6cccc7c6oc6ccccc67)cc5)cc4)ccc3c3ccc4ccccc4c32)cc1. The molecule has 12 aromatic carbocycles. The molecule has 0 N–H and O–H groups in total. The number of benzene rings is 12. The van der Waals surface area contributed by atoms with Gasteiger partial charge in [0.15, 0.2) is 0 Å². The highest BCUT2D eigenvalue weighted by Gasteiger charge is 2.19. The van der Waals surface area contributed by atoms with E-state index in [4.69, 9.17) is 4.42 Å². The van der Waals surface area contributed by atoms with Crippen molar-refractivity contribution in [2.45, 2.75) is 0 Å². The average Bonchev–Trinajstić information content (AvgIpc) is 3.98. The molecule has 0 radical (unpaired) electrons. The Labute approximate surface area is 399 Å². The molecule has 0 aliphatic rings. The van der Waals surface area contributed by atoms with Crippen molar-refractivity contribution in [3.8, 4) is 39.1 Å². The Bertz CT molecular complexity index is 4280. The van der Waals surface area contributed by atoms with Crippen molar-refractivity contribution < 1.29 is 4.42 Å². The van der Waals surface area contributed by atoms with E-state index in [1.54, 1.807) is 0 Å². The van der Waals surface area contributed by atoms with Gasteiger partial charge < -0.3 is 13.9 Å². The van der Waals surface area contributed by atoms with Gasteiger partial charge in [-0.2, -0.15) is 0 Å². The van der Waals surface area contributed by atoms with Crippen LogP contribution >= 0.6 is 0 Å². The second-order valence-corrected chi connectivity index (χ2v) is 18.1. The van der Waals surface area contributed by atoms with Crippen LogP contribution in [0.1, 0.15) is 0 Å². The first-order valence-corrected chi connectivity index (χ1v) is 23.6. The zero-order valence-corrected chi connectivity index (χ0v) is 37.6. The summed E-state index contributed by atoms with van der Waals surface area (Å²) in [6, 6.07) is 92.5. The van der Waals surface area contributed by atoms with Gasteiger partial charge in [0, 0.05) is 55.2 Å². The van der Waals surface area contributed by atoms with Crippen molar-refractivity contribution in [3.63, 3.8) is 0 Å². The number of fused-ring (bicyclic) bond motifs is 11. The number of hydrogen-bond donors (Lipinski definition) is 0. The highest BCUT2D eigenvalue weighted by atomic mass is 16.3. The van der Waals surface area contributed by atoms with Gasteiger partial charge in [-0.05, 0) is 121 Å². The summed E-state index contributed by atoms with van der Waals surface area (Å²) in [7, 11) is 0. The minimum atomic E-state index is 0.902. The zero-order valence-electron chi connectivity index (χ0n) is 37.6. The quantitative estimate of drug-likeness (QED) is 0.149. The fourth-order valence-electron chi connectivity index (χ4n) is 10.8. The zero-order chi connectivity index (χ0) is 45.4. The molecular formula is C66H42N2O. The summed E-state index contributed by atoms with van der Waals surface area (Å²) in [6.45, 7) is 0. The summed E-state index contributed by atoms with van der Waals surface area (Å²) in [6.07, 6.45) is 0. The second-order valence-electron chi connectivity index (χ2n) is 18.1.